The summed E-state index contributed by atoms with van der Waals surface area (Å²) in [5, 5.41) is 0. The standard InChI is InChI=1S/C12H16O2S/c1-10-4-5-12(11(8-10)9-13)15-7-3-6-14-2/h4-5,8-9H,3,6-7H2,1-2H3. The van der Waals surface area contributed by atoms with E-state index in [9.17, 15) is 4.79 Å². The molecule has 0 heterocycles. The normalized spacial score (nSPS) is 10.3. The molecule has 0 bridgehead atoms. The van der Waals surface area contributed by atoms with Crippen molar-refractivity contribution in [1.29, 1.82) is 0 Å². The molecule has 0 radical (unpaired) electrons. The summed E-state index contributed by atoms with van der Waals surface area (Å²) in [6.07, 6.45) is 1.93. The lowest BCUT2D eigenvalue weighted by atomic mass is 10.2. The highest BCUT2D eigenvalue weighted by Gasteiger charge is 2.02. The maximum absolute atomic E-state index is 10.8. The van der Waals surface area contributed by atoms with Gasteiger partial charge in [-0.2, -0.15) is 0 Å². The van der Waals surface area contributed by atoms with Gasteiger partial charge in [0.1, 0.15) is 0 Å². The van der Waals surface area contributed by atoms with E-state index in [0.717, 1.165) is 41.1 Å². The quantitative estimate of drug-likeness (QED) is 0.422. The lowest BCUT2D eigenvalue weighted by molar-refractivity contribution is 0.112. The van der Waals surface area contributed by atoms with Crippen molar-refractivity contribution >= 4 is 18.0 Å². The smallest absolute Gasteiger partial charge is 0.151 e. The molecule has 82 valence electrons. The van der Waals surface area contributed by atoms with Crippen LogP contribution in [0.4, 0.5) is 0 Å². The second-order valence-corrected chi connectivity index (χ2v) is 4.49. The Bertz CT molecular complexity index is 323. The molecule has 0 aromatic heterocycles. The Balaban J connectivity index is 2.56. The fourth-order valence-corrected chi connectivity index (χ4v) is 2.20. The number of methoxy groups -OCH3 is 1. The van der Waals surface area contributed by atoms with Crippen LogP contribution in [0.15, 0.2) is 23.1 Å². The van der Waals surface area contributed by atoms with Crippen LogP contribution in [0.2, 0.25) is 0 Å². The molecule has 0 unspecified atom stereocenters. The lowest BCUT2D eigenvalue weighted by Crippen LogP contribution is -1.92. The molecule has 0 saturated heterocycles. The van der Waals surface area contributed by atoms with Gasteiger partial charge >= 0.3 is 0 Å². The van der Waals surface area contributed by atoms with Crippen molar-refractivity contribution < 1.29 is 9.53 Å². The first-order valence-electron chi connectivity index (χ1n) is 4.95. The van der Waals surface area contributed by atoms with Crippen molar-refractivity contribution in [1.82, 2.24) is 0 Å². The number of thioether (sulfide) groups is 1. The molecule has 0 atom stereocenters. The van der Waals surface area contributed by atoms with Gasteiger partial charge in [0.15, 0.2) is 6.29 Å². The van der Waals surface area contributed by atoms with Crippen molar-refractivity contribution in [2.45, 2.75) is 18.2 Å². The van der Waals surface area contributed by atoms with Crippen molar-refractivity contribution in [3.63, 3.8) is 0 Å². The van der Waals surface area contributed by atoms with E-state index in [1.807, 2.05) is 25.1 Å². The largest absolute Gasteiger partial charge is 0.385 e. The maximum Gasteiger partial charge on any atom is 0.151 e. The van der Waals surface area contributed by atoms with E-state index in [1.165, 1.54) is 0 Å². The van der Waals surface area contributed by atoms with Gasteiger partial charge < -0.3 is 4.74 Å². The zero-order valence-corrected chi connectivity index (χ0v) is 9.97. The van der Waals surface area contributed by atoms with Gasteiger partial charge in [0.2, 0.25) is 0 Å². The topological polar surface area (TPSA) is 26.3 Å². The number of rotatable bonds is 6. The van der Waals surface area contributed by atoms with E-state index in [2.05, 4.69) is 0 Å². The summed E-state index contributed by atoms with van der Waals surface area (Å²) in [5.41, 5.74) is 1.91. The van der Waals surface area contributed by atoms with Gasteiger partial charge in [-0.15, -0.1) is 11.8 Å². The van der Waals surface area contributed by atoms with Crippen molar-refractivity contribution in [2.75, 3.05) is 19.5 Å². The fraction of sp³-hybridized carbons (Fsp3) is 0.417. The van der Waals surface area contributed by atoms with Crippen LogP contribution in [0, 0.1) is 6.92 Å². The van der Waals surface area contributed by atoms with Crippen molar-refractivity contribution in [3.8, 4) is 0 Å². The highest BCUT2D eigenvalue weighted by atomic mass is 32.2. The third kappa shape index (κ3) is 4.06. The molecule has 15 heavy (non-hydrogen) atoms. The number of carbonyl (C=O) groups excluding carboxylic acids is 1. The number of ether oxygens (including phenoxy) is 1. The first-order valence-corrected chi connectivity index (χ1v) is 5.94. The monoisotopic (exact) mass is 224 g/mol. The zero-order chi connectivity index (χ0) is 11.1. The number of carbonyl (C=O) groups is 1. The van der Waals surface area contributed by atoms with Crippen LogP contribution in [0.5, 0.6) is 0 Å². The number of aldehydes is 1. The van der Waals surface area contributed by atoms with E-state index in [1.54, 1.807) is 18.9 Å². The second-order valence-electron chi connectivity index (χ2n) is 3.35. The Kier molecular flexibility index (Phi) is 5.43. The zero-order valence-electron chi connectivity index (χ0n) is 9.16. The van der Waals surface area contributed by atoms with Gasteiger partial charge in [0, 0.05) is 29.9 Å². The second kappa shape index (κ2) is 6.64. The summed E-state index contributed by atoms with van der Waals surface area (Å²) in [6.45, 7) is 2.77. The summed E-state index contributed by atoms with van der Waals surface area (Å²) >= 11 is 1.71. The Morgan fingerprint density at radius 3 is 2.93 bits per heavy atom. The predicted molar refractivity (Wildman–Crippen MR) is 63.8 cm³/mol. The third-order valence-corrected chi connectivity index (χ3v) is 3.22. The van der Waals surface area contributed by atoms with E-state index < -0.39 is 0 Å². The molecule has 0 saturated carbocycles. The van der Waals surface area contributed by atoms with E-state index in [-0.39, 0.29) is 0 Å². The molecule has 2 nitrogen and oxygen atoms in total. The lowest BCUT2D eigenvalue weighted by Gasteiger charge is -2.05. The Hall–Kier alpha value is -0.800. The Labute approximate surface area is 95.0 Å². The van der Waals surface area contributed by atoms with Crippen molar-refractivity contribution in [2.24, 2.45) is 0 Å². The van der Waals surface area contributed by atoms with E-state index in [0.29, 0.717) is 0 Å². The van der Waals surface area contributed by atoms with Gasteiger partial charge in [-0.3, -0.25) is 4.79 Å². The van der Waals surface area contributed by atoms with Gasteiger partial charge in [-0.05, 0) is 25.5 Å². The minimum atomic E-state index is 0.773. The van der Waals surface area contributed by atoms with Crippen LogP contribution in [0.3, 0.4) is 0 Å². The Morgan fingerprint density at radius 2 is 2.27 bits per heavy atom. The average Bonchev–Trinajstić information content (AvgIpc) is 2.26. The molecule has 0 N–H and O–H groups in total. The summed E-state index contributed by atoms with van der Waals surface area (Å²) in [5.74, 6) is 0.984. The molecular formula is C12H16O2S. The fourth-order valence-electron chi connectivity index (χ4n) is 1.28. The van der Waals surface area contributed by atoms with E-state index in [4.69, 9.17) is 4.74 Å². The van der Waals surface area contributed by atoms with Gasteiger partial charge in [0.25, 0.3) is 0 Å². The molecule has 0 aliphatic rings. The maximum atomic E-state index is 10.8. The summed E-state index contributed by atoms with van der Waals surface area (Å²) < 4.78 is 4.97. The number of hydrogen-bond acceptors (Lipinski definition) is 3. The van der Waals surface area contributed by atoms with Crippen LogP contribution in [0.1, 0.15) is 22.3 Å². The predicted octanol–water partition coefficient (Wildman–Crippen LogP) is 2.94. The third-order valence-electron chi connectivity index (χ3n) is 2.04. The summed E-state index contributed by atoms with van der Waals surface area (Å²) in [7, 11) is 1.70. The molecule has 1 aromatic rings. The molecular weight excluding hydrogens is 208 g/mol. The van der Waals surface area contributed by atoms with Gasteiger partial charge in [-0.25, -0.2) is 0 Å². The Morgan fingerprint density at radius 1 is 1.47 bits per heavy atom. The number of aryl methyl sites for hydroxylation is 1. The first kappa shape index (κ1) is 12.3. The molecule has 1 rings (SSSR count). The van der Waals surface area contributed by atoms with Crippen LogP contribution in [0.25, 0.3) is 0 Å². The first-order chi connectivity index (χ1) is 7.27. The van der Waals surface area contributed by atoms with Crippen LogP contribution in [-0.2, 0) is 4.74 Å². The molecule has 0 spiro atoms. The number of benzene rings is 1. The van der Waals surface area contributed by atoms with E-state index >= 15 is 0 Å². The molecule has 0 aliphatic carbocycles. The molecule has 0 fully saturated rings. The molecule has 1 aromatic carbocycles. The SMILES string of the molecule is COCCCSc1ccc(C)cc1C=O. The minimum absolute atomic E-state index is 0.773. The summed E-state index contributed by atoms with van der Waals surface area (Å²) in [6, 6.07) is 5.97. The highest BCUT2D eigenvalue weighted by molar-refractivity contribution is 7.99. The van der Waals surface area contributed by atoms with Gasteiger partial charge in [0.05, 0.1) is 0 Å². The highest BCUT2D eigenvalue weighted by Crippen LogP contribution is 2.23. The summed E-state index contributed by atoms with van der Waals surface area (Å²) in [4.78, 5) is 11.9. The molecule has 3 heteroatoms. The van der Waals surface area contributed by atoms with Crippen LogP contribution < -0.4 is 0 Å². The molecule has 0 amide bonds. The van der Waals surface area contributed by atoms with Crippen LogP contribution >= 0.6 is 11.8 Å². The number of hydrogen-bond donors (Lipinski definition) is 0. The average molecular weight is 224 g/mol. The van der Waals surface area contributed by atoms with Gasteiger partial charge in [-0.1, -0.05) is 11.6 Å². The van der Waals surface area contributed by atoms with Crippen LogP contribution in [-0.4, -0.2) is 25.8 Å². The molecule has 0 aliphatic heterocycles. The van der Waals surface area contributed by atoms with Crippen molar-refractivity contribution in [3.05, 3.63) is 29.3 Å². The minimum Gasteiger partial charge on any atom is -0.385 e.